The summed E-state index contributed by atoms with van der Waals surface area (Å²) >= 11 is 0. The van der Waals surface area contributed by atoms with Gasteiger partial charge in [-0.2, -0.15) is 13.2 Å². The van der Waals surface area contributed by atoms with E-state index in [2.05, 4.69) is 5.32 Å². The highest BCUT2D eigenvalue weighted by Gasteiger charge is 2.61. The lowest BCUT2D eigenvalue weighted by Gasteiger charge is -2.36. The number of aliphatic hydroxyl groups is 1. The third kappa shape index (κ3) is 4.27. The molecule has 32 heavy (non-hydrogen) atoms. The maximum absolute atomic E-state index is 14.1. The molecule has 3 rings (SSSR count). The van der Waals surface area contributed by atoms with Gasteiger partial charge in [0.05, 0.1) is 12.7 Å². The summed E-state index contributed by atoms with van der Waals surface area (Å²) in [7, 11) is 1.25. The van der Waals surface area contributed by atoms with E-state index in [0.717, 1.165) is 6.07 Å². The standard InChI is InChI=1S/C22H21F4NO5/c1-20(2,13-4-7-17(31-3)16(23)9-13)11-21(30,22(24,25)26)19(29)27-14-5-6-15-12(8-14)10-32-18(15)28/h4-9,30H,10-11H2,1-3H3,(H,27,29). The third-order valence-electron chi connectivity index (χ3n) is 5.42. The molecule has 172 valence electrons. The minimum absolute atomic E-state index is 0.0389. The molecule has 2 aromatic carbocycles. The number of fused-ring (bicyclic) bond motifs is 1. The number of esters is 1. The average molecular weight is 455 g/mol. The Bertz CT molecular complexity index is 1070. The van der Waals surface area contributed by atoms with Gasteiger partial charge in [0.15, 0.2) is 11.6 Å². The van der Waals surface area contributed by atoms with Crippen molar-refractivity contribution in [3.63, 3.8) is 0 Å². The predicted octanol–water partition coefficient (Wildman–Crippen LogP) is 4.10. The number of ether oxygens (including phenoxy) is 2. The van der Waals surface area contributed by atoms with Crippen molar-refractivity contribution in [2.75, 3.05) is 12.4 Å². The lowest BCUT2D eigenvalue weighted by molar-refractivity contribution is -0.254. The van der Waals surface area contributed by atoms with Gasteiger partial charge in [0.2, 0.25) is 5.60 Å². The van der Waals surface area contributed by atoms with Gasteiger partial charge in [-0.25, -0.2) is 9.18 Å². The molecule has 1 aliphatic rings. The minimum atomic E-state index is -5.32. The predicted molar refractivity (Wildman–Crippen MR) is 106 cm³/mol. The van der Waals surface area contributed by atoms with Crippen molar-refractivity contribution < 1.29 is 41.7 Å². The minimum Gasteiger partial charge on any atom is -0.494 e. The molecule has 2 N–H and O–H groups in total. The Kier molecular flexibility index (Phi) is 5.94. The SMILES string of the molecule is COc1ccc(C(C)(C)CC(O)(C(=O)Nc2ccc3c(c2)COC3=O)C(F)(F)F)cc1F. The molecule has 0 spiro atoms. The summed E-state index contributed by atoms with van der Waals surface area (Å²) in [6.45, 7) is 2.64. The van der Waals surface area contributed by atoms with E-state index in [4.69, 9.17) is 9.47 Å². The summed E-state index contributed by atoms with van der Waals surface area (Å²) in [5.41, 5.74) is -4.48. The molecule has 1 aliphatic heterocycles. The number of hydrogen-bond donors (Lipinski definition) is 2. The Hall–Kier alpha value is -3.14. The van der Waals surface area contributed by atoms with Crippen molar-refractivity contribution >= 4 is 17.6 Å². The first-order chi connectivity index (χ1) is 14.8. The van der Waals surface area contributed by atoms with Crippen LogP contribution in [0.15, 0.2) is 36.4 Å². The molecular weight excluding hydrogens is 434 g/mol. The zero-order valence-corrected chi connectivity index (χ0v) is 17.5. The number of alkyl halides is 3. The first-order valence-corrected chi connectivity index (χ1v) is 9.53. The van der Waals surface area contributed by atoms with E-state index in [-0.39, 0.29) is 29.2 Å². The first-order valence-electron chi connectivity index (χ1n) is 9.53. The Labute approximate surface area is 181 Å². The van der Waals surface area contributed by atoms with Gasteiger partial charge in [0.1, 0.15) is 6.61 Å². The maximum Gasteiger partial charge on any atom is 0.426 e. The van der Waals surface area contributed by atoms with Crippen LogP contribution in [0.1, 0.15) is 41.8 Å². The van der Waals surface area contributed by atoms with Crippen LogP contribution in [0.2, 0.25) is 0 Å². The molecule has 0 aromatic heterocycles. The number of cyclic esters (lactones) is 1. The van der Waals surface area contributed by atoms with Crippen LogP contribution in [0.25, 0.3) is 0 Å². The van der Waals surface area contributed by atoms with Crippen molar-refractivity contribution in [1.29, 1.82) is 0 Å². The van der Waals surface area contributed by atoms with E-state index in [1.54, 1.807) is 0 Å². The second-order valence-electron chi connectivity index (χ2n) is 8.17. The highest BCUT2D eigenvalue weighted by atomic mass is 19.4. The van der Waals surface area contributed by atoms with Gasteiger partial charge >= 0.3 is 12.1 Å². The average Bonchev–Trinajstić information content (AvgIpc) is 3.06. The molecule has 1 heterocycles. The maximum atomic E-state index is 14.1. The van der Waals surface area contributed by atoms with Gasteiger partial charge in [-0.1, -0.05) is 19.9 Å². The summed E-state index contributed by atoms with van der Waals surface area (Å²) in [6.07, 6.45) is -6.40. The van der Waals surface area contributed by atoms with Crippen molar-refractivity contribution in [2.45, 2.75) is 44.1 Å². The Morgan fingerprint density at radius 3 is 2.47 bits per heavy atom. The van der Waals surface area contributed by atoms with Gasteiger partial charge in [0.25, 0.3) is 5.91 Å². The summed E-state index contributed by atoms with van der Waals surface area (Å²) in [6, 6.07) is 7.49. The van der Waals surface area contributed by atoms with E-state index in [0.29, 0.717) is 5.56 Å². The zero-order valence-electron chi connectivity index (χ0n) is 17.5. The summed E-state index contributed by atoms with van der Waals surface area (Å²) in [4.78, 5) is 24.2. The number of anilines is 1. The van der Waals surface area contributed by atoms with Gasteiger partial charge in [-0.05, 0) is 41.3 Å². The second-order valence-corrected chi connectivity index (χ2v) is 8.17. The normalized spacial score (nSPS) is 15.6. The molecular formula is C22H21F4NO5. The fourth-order valence-corrected chi connectivity index (χ4v) is 3.58. The van der Waals surface area contributed by atoms with Crippen molar-refractivity contribution in [1.82, 2.24) is 0 Å². The number of nitrogens with one attached hydrogen (secondary N) is 1. The van der Waals surface area contributed by atoms with Crippen molar-refractivity contribution in [3.8, 4) is 5.75 Å². The van der Waals surface area contributed by atoms with E-state index in [9.17, 15) is 32.3 Å². The molecule has 6 nitrogen and oxygen atoms in total. The van der Waals surface area contributed by atoms with Gasteiger partial charge in [0, 0.05) is 17.7 Å². The van der Waals surface area contributed by atoms with Crippen LogP contribution in [-0.2, 0) is 21.6 Å². The van der Waals surface area contributed by atoms with Crippen molar-refractivity contribution in [3.05, 3.63) is 58.9 Å². The van der Waals surface area contributed by atoms with Crippen LogP contribution in [0.3, 0.4) is 0 Å². The number of carbonyl (C=O) groups excluding carboxylic acids is 2. The number of benzene rings is 2. The number of hydrogen-bond acceptors (Lipinski definition) is 5. The molecule has 0 fully saturated rings. The van der Waals surface area contributed by atoms with E-state index >= 15 is 0 Å². The first kappa shape index (κ1) is 23.5. The van der Waals surface area contributed by atoms with Crippen molar-refractivity contribution in [2.24, 2.45) is 0 Å². The van der Waals surface area contributed by atoms with E-state index in [1.807, 2.05) is 0 Å². The number of rotatable bonds is 6. The molecule has 0 bridgehead atoms. The summed E-state index contributed by atoms with van der Waals surface area (Å²) < 4.78 is 65.5. The highest BCUT2D eigenvalue weighted by molar-refractivity contribution is 5.99. The quantitative estimate of drug-likeness (QED) is 0.506. The Morgan fingerprint density at radius 1 is 1.19 bits per heavy atom. The molecule has 2 aromatic rings. The van der Waals surface area contributed by atoms with Crippen LogP contribution in [0.4, 0.5) is 23.2 Å². The molecule has 1 unspecified atom stereocenters. The number of amides is 1. The molecule has 1 amide bonds. The van der Waals surface area contributed by atoms with E-state index in [1.165, 1.54) is 51.3 Å². The fourth-order valence-electron chi connectivity index (χ4n) is 3.58. The fraction of sp³-hybridized carbons (Fsp3) is 0.364. The van der Waals surface area contributed by atoms with Crippen LogP contribution >= 0.6 is 0 Å². The Balaban J connectivity index is 1.90. The lowest BCUT2D eigenvalue weighted by Crippen LogP contribution is -2.57. The topological polar surface area (TPSA) is 84.9 Å². The number of halogens is 4. The van der Waals surface area contributed by atoms with Crippen LogP contribution < -0.4 is 10.1 Å². The van der Waals surface area contributed by atoms with E-state index < -0.39 is 41.3 Å². The number of methoxy groups -OCH3 is 1. The lowest BCUT2D eigenvalue weighted by atomic mass is 9.74. The Morgan fingerprint density at radius 2 is 1.88 bits per heavy atom. The van der Waals surface area contributed by atoms with Gasteiger partial charge in [-0.15, -0.1) is 0 Å². The van der Waals surface area contributed by atoms with Crippen LogP contribution in [0.5, 0.6) is 5.75 Å². The number of carbonyl (C=O) groups is 2. The molecule has 0 saturated carbocycles. The molecule has 0 radical (unpaired) electrons. The molecule has 0 saturated heterocycles. The molecule has 1 atom stereocenters. The van der Waals surface area contributed by atoms with Crippen LogP contribution in [0, 0.1) is 5.82 Å². The summed E-state index contributed by atoms with van der Waals surface area (Å²) in [5, 5.41) is 12.6. The van der Waals surface area contributed by atoms with Gasteiger partial charge < -0.3 is 19.9 Å². The smallest absolute Gasteiger partial charge is 0.426 e. The summed E-state index contributed by atoms with van der Waals surface area (Å²) in [5.74, 6) is -3.14. The van der Waals surface area contributed by atoms with Gasteiger partial charge in [-0.3, -0.25) is 4.79 Å². The monoisotopic (exact) mass is 455 g/mol. The molecule has 10 heteroatoms. The third-order valence-corrected chi connectivity index (χ3v) is 5.42. The zero-order chi connectivity index (χ0) is 23.9. The largest absolute Gasteiger partial charge is 0.494 e. The highest BCUT2D eigenvalue weighted by Crippen LogP contribution is 2.42. The van der Waals surface area contributed by atoms with Crippen LogP contribution in [-0.4, -0.2) is 35.9 Å². The second kappa shape index (κ2) is 8.09. The molecule has 0 aliphatic carbocycles.